The zero-order valence-corrected chi connectivity index (χ0v) is 15.3. The van der Waals surface area contributed by atoms with E-state index in [0.717, 1.165) is 9.78 Å². The van der Waals surface area contributed by atoms with Gasteiger partial charge >= 0.3 is 0 Å². The van der Waals surface area contributed by atoms with Crippen molar-refractivity contribution < 1.29 is 19.1 Å². The van der Waals surface area contributed by atoms with Crippen LogP contribution in [-0.2, 0) is 20.9 Å². The molecule has 0 unspecified atom stereocenters. The summed E-state index contributed by atoms with van der Waals surface area (Å²) >= 11 is 1.59. The monoisotopic (exact) mass is 372 g/mol. The smallest absolute Gasteiger partial charge is 0.254 e. The second-order valence-electron chi connectivity index (χ2n) is 5.97. The third kappa shape index (κ3) is 4.00. The first-order valence-electron chi connectivity index (χ1n) is 8.36. The predicted octanol–water partition coefficient (Wildman–Crippen LogP) is 2.69. The van der Waals surface area contributed by atoms with E-state index in [1.165, 1.54) is 0 Å². The molecule has 0 aliphatic carbocycles. The van der Waals surface area contributed by atoms with E-state index in [-0.39, 0.29) is 30.6 Å². The van der Waals surface area contributed by atoms with E-state index < -0.39 is 0 Å². The standard InChI is InChI=1S/C19H20N2O4S/c1-25-10-9-20(13-16-6-3-11-26-16)19(24)14-4-2-5-15(12-14)21-17(22)7-8-18(21)23/h2-6,11-12H,7-10,13H2,1H3. The van der Waals surface area contributed by atoms with Gasteiger partial charge in [0.05, 0.1) is 18.8 Å². The van der Waals surface area contributed by atoms with E-state index in [9.17, 15) is 14.4 Å². The molecule has 0 spiro atoms. The number of hydrogen-bond acceptors (Lipinski definition) is 5. The highest BCUT2D eigenvalue weighted by Crippen LogP contribution is 2.24. The Balaban J connectivity index is 1.83. The lowest BCUT2D eigenvalue weighted by Crippen LogP contribution is -2.33. The Hall–Kier alpha value is -2.51. The molecule has 0 bridgehead atoms. The van der Waals surface area contributed by atoms with Gasteiger partial charge in [0.15, 0.2) is 0 Å². The van der Waals surface area contributed by atoms with Crippen LogP contribution in [0, 0.1) is 0 Å². The number of rotatable bonds is 7. The Morgan fingerprint density at radius 2 is 1.96 bits per heavy atom. The number of anilines is 1. The van der Waals surface area contributed by atoms with Gasteiger partial charge in [-0.05, 0) is 29.6 Å². The van der Waals surface area contributed by atoms with Gasteiger partial charge in [0, 0.05) is 36.9 Å². The quantitative estimate of drug-likeness (QED) is 0.701. The van der Waals surface area contributed by atoms with E-state index in [1.54, 1.807) is 47.6 Å². The van der Waals surface area contributed by atoms with Crippen LogP contribution >= 0.6 is 11.3 Å². The normalized spacial score (nSPS) is 14.1. The first kappa shape index (κ1) is 18.3. The molecule has 0 atom stereocenters. The van der Waals surface area contributed by atoms with Gasteiger partial charge in [-0.25, -0.2) is 0 Å². The average Bonchev–Trinajstić information content (AvgIpc) is 3.27. The van der Waals surface area contributed by atoms with Gasteiger partial charge in [-0.2, -0.15) is 0 Å². The zero-order chi connectivity index (χ0) is 18.5. The molecule has 2 aromatic rings. The van der Waals surface area contributed by atoms with E-state index in [0.29, 0.717) is 30.9 Å². The highest BCUT2D eigenvalue weighted by Gasteiger charge is 2.30. The van der Waals surface area contributed by atoms with Crippen LogP contribution in [0.2, 0.25) is 0 Å². The number of amides is 3. The first-order valence-corrected chi connectivity index (χ1v) is 9.24. The van der Waals surface area contributed by atoms with E-state index >= 15 is 0 Å². The summed E-state index contributed by atoms with van der Waals surface area (Å²) in [5.74, 6) is -0.611. The minimum atomic E-state index is -0.227. The number of benzene rings is 1. The van der Waals surface area contributed by atoms with Gasteiger partial charge in [-0.3, -0.25) is 19.3 Å². The van der Waals surface area contributed by atoms with Crippen LogP contribution < -0.4 is 4.90 Å². The zero-order valence-electron chi connectivity index (χ0n) is 14.5. The van der Waals surface area contributed by atoms with Crippen molar-refractivity contribution in [3.8, 4) is 0 Å². The summed E-state index contributed by atoms with van der Waals surface area (Å²) in [6.07, 6.45) is 0.435. The molecule has 6 nitrogen and oxygen atoms in total. The van der Waals surface area contributed by atoms with Crippen molar-refractivity contribution in [2.75, 3.05) is 25.2 Å². The summed E-state index contributed by atoms with van der Waals surface area (Å²) < 4.78 is 5.12. The molecular weight excluding hydrogens is 352 g/mol. The third-order valence-corrected chi connectivity index (χ3v) is 5.04. The molecule has 26 heavy (non-hydrogen) atoms. The second-order valence-corrected chi connectivity index (χ2v) is 7.00. The largest absolute Gasteiger partial charge is 0.383 e. The molecule has 1 fully saturated rings. The molecule has 1 aliphatic heterocycles. The van der Waals surface area contributed by atoms with Crippen LogP contribution in [0.15, 0.2) is 41.8 Å². The minimum Gasteiger partial charge on any atom is -0.383 e. The number of thiophene rings is 1. The fourth-order valence-corrected chi connectivity index (χ4v) is 3.59. The molecule has 7 heteroatoms. The molecule has 1 aromatic carbocycles. The summed E-state index contributed by atoms with van der Waals surface area (Å²) in [5, 5.41) is 1.97. The van der Waals surface area contributed by atoms with Gasteiger partial charge in [0.25, 0.3) is 5.91 Å². The average molecular weight is 372 g/mol. The summed E-state index contributed by atoms with van der Waals surface area (Å²) in [6, 6.07) is 10.6. The van der Waals surface area contributed by atoms with Crippen molar-refractivity contribution in [3.63, 3.8) is 0 Å². The van der Waals surface area contributed by atoms with Gasteiger partial charge in [-0.15, -0.1) is 11.3 Å². The Bertz CT molecular complexity index is 788. The predicted molar refractivity (Wildman–Crippen MR) is 99.1 cm³/mol. The van der Waals surface area contributed by atoms with Crippen molar-refractivity contribution in [2.24, 2.45) is 0 Å². The number of nitrogens with zero attached hydrogens (tertiary/aromatic N) is 2. The van der Waals surface area contributed by atoms with Crippen molar-refractivity contribution in [2.45, 2.75) is 19.4 Å². The molecule has 2 heterocycles. The fourth-order valence-electron chi connectivity index (χ4n) is 2.87. The fraction of sp³-hybridized carbons (Fsp3) is 0.316. The molecular formula is C19H20N2O4S. The molecule has 1 aliphatic rings. The molecule has 1 aromatic heterocycles. The Morgan fingerprint density at radius 1 is 1.19 bits per heavy atom. The van der Waals surface area contributed by atoms with Crippen LogP contribution in [0.25, 0.3) is 0 Å². The number of hydrogen-bond donors (Lipinski definition) is 0. The lowest BCUT2D eigenvalue weighted by Gasteiger charge is -2.23. The van der Waals surface area contributed by atoms with Crippen molar-refractivity contribution in [1.29, 1.82) is 0 Å². The Labute approximate surface area is 156 Å². The SMILES string of the molecule is COCCN(Cc1cccs1)C(=O)c1cccc(N2C(=O)CCC2=O)c1. The number of carbonyl (C=O) groups is 3. The number of carbonyl (C=O) groups excluding carboxylic acids is 3. The van der Waals surface area contributed by atoms with Crippen LogP contribution in [0.5, 0.6) is 0 Å². The van der Waals surface area contributed by atoms with Crippen LogP contribution in [0.1, 0.15) is 28.1 Å². The molecule has 3 rings (SSSR count). The summed E-state index contributed by atoms with van der Waals surface area (Å²) in [4.78, 5) is 40.8. The molecule has 136 valence electrons. The highest BCUT2D eigenvalue weighted by atomic mass is 32.1. The highest BCUT2D eigenvalue weighted by molar-refractivity contribution is 7.09. The van der Waals surface area contributed by atoms with Crippen molar-refractivity contribution in [1.82, 2.24) is 4.90 Å². The van der Waals surface area contributed by atoms with Crippen molar-refractivity contribution >= 4 is 34.7 Å². The maximum absolute atomic E-state index is 13.0. The minimum absolute atomic E-state index is 0.156. The lowest BCUT2D eigenvalue weighted by atomic mass is 10.1. The maximum atomic E-state index is 13.0. The number of ether oxygens (including phenoxy) is 1. The van der Waals surface area contributed by atoms with Gasteiger partial charge in [0.1, 0.15) is 0 Å². The third-order valence-electron chi connectivity index (χ3n) is 4.18. The maximum Gasteiger partial charge on any atom is 0.254 e. The Kier molecular flexibility index (Phi) is 5.80. The van der Waals surface area contributed by atoms with Crippen LogP contribution in [0.3, 0.4) is 0 Å². The van der Waals surface area contributed by atoms with Crippen LogP contribution in [0.4, 0.5) is 5.69 Å². The lowest BCUT2D eigenvalue weighted by molar-refractivity contribution is -0.121. The first-order chi connectivity index (χ1) is 12.6. The van der Waals surface area contributed by atoms with Gasteiger partial charge in [0.2, 0.25) is 11.8 Å². The summed E-state index contributed by atoms with van der Waals surface area (Å²) in [6.45, 7) is 1.38. The second kappa shape index (κ2) is 8.25. The molecule has 0 radical (unpaired) electrons. The summed E-state index contributed by atoms with van der Waals surface area (Å²) in [7, 11) is 1.60. The molecule has 0 saturated carbocycles. The summed E-state index contributed by atoms with van der Waals surface area (Å²) in [5.41, 5.74) is 0.897. The van der Waals surface area contributed by atoms with Gasteiger partial charge in [-0.1, -0.05) is 12.1 Å². The van der Waals surface area contributed by atoms with E-state index in [2.05, 4.69) is 0 Å². The molecule has 1 saturated heterocycles. The van der Waals surface area contributed by atoms with Gasteiger partial charge < -0.3 is 9.64 Å². The molecule has 0 N–H and O–H groups in total. The van der Waals surface area contributed by atoms with Crippen molar-refractivity contribution in [3.05, 3.63) is 52.2 Å². The number of imide groups is 1. The molecule has 3 amide bonds. The topological polar surface area (TPSA) is 66.9 Å². The van der Waals surface area contributed by atoms with E-state index in [1.807, 2.05) is 17.5 Å². The Morgan fingerprint density at radius 3 is 2.62 bits per heavy atom. The van der Waals surface area contributed by atoms with Crippen LogP contribution in [-0.4, -0.2) is 42.9 Å². The van der Waals surface area contributed by atoms with E-state index in [4.69, 9.17) is 4.74 Å². The number of methoxy groups -OCH3 is 1.